The molecular weight excluding hydrogens is 502 g/mol. The molecule has 2 saturated heterocycles. The summed E-state index contributed by atoms with van der Waals surface area (Å²) in [5.41, 5.74) is 2.99. The van der Waals surface area contributed by atoms with E-state index in [-0.39, 0.29) is 17.9 Å². The van der Waals surface area contributed by atoms with Gasteiger partial charge in [0.25, 0.3) is 5.91 Å². The number of anilines is 1. The van der Waals surface area contributed by atoms with E-state index in [9.17, 15) is 14.7 Å². The zero-order valence-corrected chi connectivity index (χ0v) is 23.8. The number of aliphatic hydroxyl groups is 1. The van der Waals surface area contributed by atoms with Crippen molar-refractivity contribution >= 4 is 29.1 Å². The van der Waals surface area contributed by atoms with Crippen molar-refractivity contribution in [1.29, 1.82) is 0 Å². The minimum absolute atomic E-state index is 0.0236. The van der Waals surface area contributed by atoms with Crippen molar-refractivity contribution in [3.63, 3.8) is 0 Å². The van der Waals surface area contributed by atoms with Crippen molar-refractivity contribution in [2.24, 2.45) is 5.41 Å². The van der Waals surface area contributed by atoms with E-state index < -0.39 is 5.41 Å². The van der Waals surface area contributed by atoms with E-state index in [1.165, 1.54) is 0 Å². The summed E-state index contributed by atoms with van der Waals surface area (Å²) in [5.74, 6) is 0.761. The van der Waals surface area contributed by atoms with Gasteiger partial charge in [-0.2, -0.15) is 0 Å². The van der Waals surface area contributed by atoms with E-state index in [0.29, 0.717) is 57.6 Å². The third-order valence-corrected chi connectivity index (χ3v) is 8.45. The average Bonchev–Trinajstić information content (AvgIpc) is 2.90. The number of aliphatic hydroxyl groups excluding tert-OH is 1. The number of amides is 2. The molecule has 1 N–H and O–H groups in total. The highest BCUT2D eigenvalue weighted by molar-refractivity contribution is 6.32. The molecule has 206 valence electrons. The van der Waals surface area contributed by atoms with Crippen molar-refractivity contribution in [2.45, 2.75) is 52.1 Å². The molecule has 0 unspecified atom stereocenters. The Morgan fingerprint density at radius 3 is 2.42 bits per heavy atom. The first-order valence-corrected chi connectivity index (χ1v) is 13.9. The SMILES string of the molecule is Cc1cc(OC[C@@]2(CC(=O)N3CCC(O)CC3)CCCN(C(=O)c3cccc(N(C)C)c3)C2)cc(C)c1Cl. The number of aryl methyl sites for hydroxylation is 2. The Bertz CT molecular complexity index is 1140. The normalized spacial score (nSPS) is 20.4. The first kappa shape index (κ1) is 28.2. The van der Waals surface area contributed by atoms with E-state index >= 15 is 0 Å². The van der Waals surface area contributed by atoms with Crippen LogP contribution in [-0.2, 0) is 4.79 Å². The fourth-order valence-electron chi connectivity index (χ4n) is 5.57. The van der Waals surface area contributed by atoms with E-state index in [1.807, 2.05) is 79.0 Å². The van der Waals surface area contributed by atoms with Gasteiger partial charge in [0.05, 0.1) is 12.7 Å². The second kappa shape index (κ2) is 12.0. The molecule has 2 aliphatic rings. The molecule has 0 bridgehead atoms. The van der Waals surface area contributed by atoms with E-state index in [2.05, 4.69) is 0 Å². The van der Waals surface area contributed by atoms with Gasteiger partial charge in [-0.25, -0.2) is 0 Å². The van der Waals surface area contributed by atoms with Gasteiger partial charge in [-0.05, 0) is 81.0 Å². The van der Waals surface area contributed by atoms with Crippen LogP contribution < -0.4 is 9.64 Å². The first-order valence-electron chi connectivity index (χ1n) is 13.5. The van der Waals surface area contributed by atoms with Crippen molar-refractivity contribution < 1.29 is 19.4 Å². The number of rotatable bonds is 7. The molecule has 1 atom stereocenters. The van der Waals surface area contributed by atoms with Gasteiger partial charge in [0.2, 0.25) is 5.91 Å². The van der Waals surface area contributed by atoms with Crippen LogP contribution in [0.15, 0.2) is 36.4 Å². The number of hydrogen-bond acceptors (Lipinski definition) is 5. The summed E-state index contributed by atoms with van der Waals surface area (Å²) >= 11 is 6.36. The fraction of sp³-hybridized carbons (Fsp3) is 0.533. The summed E-state index contributed by atoms with van der Waals surface area (Å²) in [7, 11) is 3.91. The van der Waals surface area contributed by atoms with Gasteiger partial charge in [-0.3, -0.25) is 9.59 Å². The van der Waals surface area contributed by atoms with Crippen molar-refractivity contribution in [3.8, 4) is 5.75 Å². The van der Waals surface area contributed by atoms with Crippen LogP contribution in [0.4, 0.5) is 5.69 Å². The quantitative estimate of drug-likeness (QED) is 0.550. The lowest BCUT2D eigenvalue weighted by atomic mass is 9.77. The van der Waals surface area contributed by atoms with Crippen molar-refractivity contribution in [1.82, 2.24) is 9.80 Å². The van der Waals surface area contributed by atoms with Crippen LogP contribution in [0.5, 0.6) is 5.75 Å². The number of halogens is 1. The van der Waals surface area contributed by atoms with Crippen molar-refractivity contribution in [3.05, 3.63) is 58.1 Å². The standard InChI is InChI=1S/C30H40ClN3O4/c1-21-15-26(16-22(2)28(21)31)38-20-30(18-27(36)33-13-9-25(35)10-14-33)11-6-12-34(19-30)29(37)23-7-5-8-24(17-23)32(3)4/h5,7-8,15-17,25,35H,6,9-14,18-20H2,1-4H3/t30-/m1/s1. The summed E-state index contributed by atoms with van der Waals surface area (Å²) in [4.78, 5) is 32.8. The van der Waals surface area contributed by atoms with Crippen LogP contribution in [0.1, 0.15) is 53.6 Å². The summed E-state index contributed by atoms with van der Waals surface area (Å²) in [6, 6.07) is 11.5. The highest BCUT2D eigenvalue weighted by Crippen LogP contribution is 2.37. The Morgan fingerprint density at radius 2 is 1.76 bits per heavy atom. The second-order valence-corrected chi connectivity index (χ2v) is 11.6. The zero-order valence-electron chi connectivity index (χ0n) is 23.0. The molecular formula is C30H40ClN3O4. The summed E-state index contributed by atoms with van der Waals surface area (Å²) in [6.07, 6.45) is 2.76. The molecule has 0 saturated carbocycles. The summed E-state index contributed by atoms with van der Waals surface area (Å²) in [5, 5.41) is 10.6. The van der Waals surface area contributed by atoms with Gasteiger partial charge < -0.3 is 24.5 Å². The molecule has 2 aliphatic heterocycles. The zero-order chi connectivity index (χ0) is 27.4. The van der Waals surface area contributed by atoms with Gasteiger partial charge in [0.15, 0.2) is 0 Å². The van der Waals surface area contributed by atoms with Gasteiger partial charge in [0, 0.05) is 68.4 Å². The Kier molecular flexibility index (Phi) is 8.89. The minimum Gasteiger partial charge on any atom is -0.493 e. The Balaban J connectivity index is 1.56. The number of hydrogen-bond donors (Lipinski definition) is 1. The van der Waals surface area contributed by atoms with Crippen LogP contribution >= 0.6 is 11.6 Å². The van der Waals surface area contributed by atoms with Crippen LogP contribution in [0, 0.1) is 19.3 Å². The molecule has 7 nitrogen and oxygen atoms in total. The summed E-state index contributed by atoms with van der Waals surface area (Å²) < 4.78 is 6.34. The minimum atomic E-state index is -0.512. The maximum atomic E-state index is 13.6. The largest absolute Gasteiger partial charge is 0.493 e. The number of likely N-dealkylation sites (tertiary alicyclic amines) is 2. The van der Waals surface area contributed by atoms with E-state index in [0.717, 1.165) is 40.4 Å². The average molecular weight is 542 g/mol. The van der Waals surface area contributed by atoms with Gasteiger partial charge in [-0.15, -0.1) is 0 Å². The molecule has 0 aliphatic carbocycles. The van der Waals surface area contributed by atoms with Gasteiger partial charge in [0.1, 0.15) is 5.75 Å². The molecule has 0 spiro atoms. The number of carbonyl (C=O) groups excluding carboxylic acids is 2. The molecule has 2 heterocycles. The predicted molar refractivity (Wildman–Crippen MR) is 151 cm³/mol. The molecule has 2 amide bonds. The highest BCUT2D eigenvalue weighted by Gasteiger charge is 2.41. The predicted octanol–water partition coefficient (Wildman–Crippen LogP) is 4.70. The molecule has 2 fully saturated rings. The van der Waals surface area contributed by atoms with Crippen LogP contribution in [-0.4, -0.2) is 79.7 Å². The molecule has 4 rings (SSSR count). The molecule has 38 heavy (non-hydrogen) atoms. The lowest BCUT2D eigenvalue weighted by Crippen LogP contribution is -2.51. The van der Waals surface area contributed by atoms with E-state index in [1.54, 1.807) is 0 Å². The Hall–Kier alpha value is -2.77. The van der Waals surface area contributed by atoms with Gasteiger partial charge in [-0.1, -0.05) is 17.7 Å². The third kappa shape index (κ3) is 6.62. The Morgan fingerprint density at radius 1 is 1.08 bits per heavy atom. The lowest BCUT2D eigenvalue weighted by molar-refractivity contribution is -0.137. The second-order valence-electron chi connectivity index (χ2n) is 11.2. The first-order chi connectivity index (χ1) is 18.1. The smallest absolute Gasteiger partial charge is 0.253 e. The summed E-state index contributed by atoms with van der Waals surface area (Å²) in [6.45, 7) is 6.46. The number of ether oxygens (including phenoxy) is 1. The molecule has 8 heteroatoms. The van der Waals surface area contributed by atoms with Gasteiger partial charge >= 0.3 is 0 Å². The van der Waals surface area contributed by atoms with Crippen LogP contribution in [0.2, 0.25) is 5.02 Å². The molecule has 2 aromatic carbocycles. The third-order valence-electron chi connectivity index (χ3n) is 7.86. The lowest BCUT2D eigenvalue weighted by Gasteiger charge is -2.43. The molecule has 0 radical (unpaired) electrons. The Labute approximate surface area is 231 Å². The monoisotopic (exact) mass is 541 g/mol. The number of benzene rings is 2. The number of piperidine rings is 2. The van der Waals surface area contributed by atoms with E-state index in [4.69, 9.17) is 16.3 Å². The number of nitrogens with zero attached hydrogens (tertiary/aromatic N) is 3. The maximum Gasteiger partial charge on any atom is 0.253 e. The van der Waals surface area contributed by atoms with Crippen LogP contribution in [0.25, 0.3) is 0 Å². The molecule has 2 aromatic rings. The topological polar surface area (TPSA) is 73.3 Å². The fourth-order valence-corrected chi connectivity index (χ4v) is 5.68. The molecule has 0 aromatic heterocycles. The van der Waals surface area contributed by atoms with Crippen LogP contribution in [0.3, 0.4) is 0 Å². The maximum absolute atomic E-state index is 13.6. The van der Waals surface area contributed by atoms with Crippen molar-refractivity contribution in [2.75, 3.05) is 51.8 Å². The number of carbonyl (C=O) groups is 2. The highest BCUT2D eigenvalue weighted by atomic mass is 35.5.